The number of rotatable bonds is 7. The van der Waals surface area contributed by atoms with Gasteiger partial charge in [-0.05, 0) is 37.8 Å². The number of benzene rings is 1. The monoisotopic (exact) mass is 384 g/mol. The quantitative estimate of drug-likeness (QED) is 0.556. The largest absolute Gasteiger partial charge is 0.450 e. The van der Waals surface area contributed by atoms with E-state index in [2.05, 4.69) is 15.0 Å². The first-order chi connectivity index (χ1) is 13.0. The number of alkyl halides is 2. The number of nitrogens with zero attached hydrogens (tertiary/aromatic N) is 2. The van der Waals surface area contributed by atoms with Gasteiger partial charge in [-0.2, -0.15) is 8.78 Å². The number of halogens is 2. The number of amides is 1. The number of nitrogens with one attached hydrogen (secondary N) is 1. The fraction of sp³-hybridized carbons (Fsp3) is 0.556. The molecule has 0 bridgehead atoms. The van der Waals surface area contributed by atoms with Crippen LogP contribution in [0.15, 0.2) is 29.3 Å². The lowest BCUT2D eigenvalue weighted by Gasteiger charge is -2.31. The van der Waals surface area contributed by atoms with Crippen molar-refractivity contribution in [2.75, 3.05) is 26.2 Å². The summed E-state index contributed by atoms with van der Waals surface area (Å²) in [6.07, 6.45) is 1.65. The van der Waals surface area contributed by atoms with E-state index in [1.165, 1.54) is 6.07 Å². The van der Waals surface area contributed by atoms with Crippen LogP contribution in [0, 0.1) is 0 Å². The second-order valence-electron chi connectivity index (χ2n) is 6.11. The predicted molar refractivity (Wildman–Crippen MR) is 98.0 cm³/mol. The highest BCUT2D eigenvalue weighted by Gasteiger charge is 2.23. The number of guanidine groups is 1. The summed E-state index contributed by atoms with van der Waals surface area (Å²) in [5, 5.41) is 3.14. The zero-order chi connectivity index (χ0) is 19.6. The molecule has 1 aromatic rings. The van der Waals surface area contributed by atoms with Crippen LogP contribution in [-0.2, 0) is 11.2 Å². The van der Waals surface area contributed by atoms with Gasteiger partial charge in [0.15, 0.2) is 5.96 Å². The van der Waals surface area contributed by atoms with E-state index in [1.807, 2.05) is 0 Å². The lowest BCUT2D eigenvalue weighted by molar-refractivity contribution is -0.0504. The first-order valence-corrected chi connectivity index (χ1v) is 9.00. The van der Waals surface area contributed by atoms with Gasteiger partial charge < -0.3 is 25.4 Å². The fourth-order valence-corrected chi connectivity index (χ4v) is 2.89. The summed E-state index contributed by atoms with van der Waals surface area (Å²) in [6, 6.07) is 6.76. The van der Waals surface area contributed by atoms with Crippen LogP contribution in [0.4, 0.5) is 13.6 Å². The smallest absolute Gasteiger partial charge is 0.409 e. The van der Waals surface area contributed by atoms with Gasteiger partial charge in [-0.3, -0.25) is 4.99 Å². The fourth-order valence-electron chi connectivity index (χ4n) is 2.89. The molecule has 1 amide bonds. The molecule has 1 saturated heterocycles. The third kappa shape index (κ3) is 6.92. The number of hydrogen-bond acceptors (Lipinski definition) is 4. The van der Waals surface area contributed by atoms with E-state index in [4.69, 9.17) is 10.5 Å². The first kappa shape index (κ1) is 20.7. The Morgan fingerprint density at radius 1 is 1.37 bits per heavy atom. The van der Waals surface area contributed by atoms with E-state index in [9.17, 15) is 13.6 Å². The van der Waals surface area contributed by atoms with E-state index in [0.717, 1.165) is 12.8 Å². The molecule has 1 aromatic carbocycles. The maximum atomic E-state index is 12.4. The molecular weight excluding hydrogens is 358 g/mol. The van der Waals surface area contributed by atoms with Gasteiger partial charge in [-0.25, -0.2) is 4.79 Å². The minimum absolute atomic E-state index is 0.133. The number of carbonyl (C=O) groups excluding carboxylic acids is 1. The van der Waals surface area contributed by atoms with Gasteiger partial charge in [-0.15, -0.1) is 0 Å². The molecule has 0 radical (unpaired) electrons. The maximum absolute atomic E-state index is 12.4. The molecule has 0 atom stereocenters. The Bertz CT molecular complexity index is 635. The van der Waals surface area contributed by atoms with Crippen LogP contribution in [0.5, 0.6) is 5.75 Å². The number of likely N-dealkylation sites (tertiary alicyclic amines) is 1. The Morgan fingerprint density at radius 3 is 2.74 bits per heavy atom. The van der Waals surface area contributed by atoms with E-state index in [1.54, 1.807) is 30.0 Å². The minimum Gasteiger partial charge on any atom is -0.450 e. The number of nitrogens with two attached hydrogens (primary N) is 1. The zero-order valence-electron chi connectivity index (χ0n) is 15.4. The second kappa shape index (κ2) is 10.5. The van der Waals surface area contributed by atoms with Gasteiger partial charge in [0.2, 0.25) is 0 Å². The number of carbonyl (C=O) groups is 1. The van der Waals surface area contributed by atoms with Crippen molar-refractivity contribution in [3.8, 4) is 5.75 Å². The Hall–Kier alpha value is -2.58. The molecule has 1 heterocycles. The molecule has 2 rings (SSSR count). The highest BCUT2D eigenvalue weighted by Crippen LogP contribution is 2.20. The molecule has 1 aliphatic rings. The van der Waals surface area contributed by atoms with Gasteiger partial charge in [0.1, 0.15) is 5.75 Å². The third-order valence-corrected chi connectivity index (χ3v) is 4.22. The normalized spacial score (nSPS) is 15.7. The molecule has 9 heteroatoms. The standard InChI is InChI=1S/C18H26F2N4O3/c1-2-26-18(25)24-11-8-14(9-12-24)23-17(21)22-10-7-13-5-3-4-6-15(13)27-16(19)20/h3-6,14,16H,2,7-12H2,1H3,(H3,21,22,23). The average Bonchev–Trinajstić information content (AvgIpc) is 2.63. The topological polar surface area (TPSA) is 89.2 Å². The van der Waals surface area contributed by atoms with Crippen molar-refractivity contribution >= 4 is 12.1 Å². The molecule has 150 valence electrons. The molecule has 1 fully saturated rings. The third-order valence-electron chi connectivity index (χ3n) is 4.22. The molecule has 0 unspecified atom stereocenters. The van der Waals surface area contributed by atoms with Crippen molar-refractivity contribution in [1.82, 2.24) is 10.2 Å². The molecular formula is C18H26F2N4O3. The van der Waals surface area contributed by atoms with Crippen molar-refractivity contribution < 1.29 is 23.0 Å². The summed E-state index contributed by atoms with van der Waals surface area (Å²) in [5.74, 6) is 0.456. The molecule has 0 saturated carbocycles. The molecule has 0 aliphatic carbocycles. The van der Waals surface area contributed by atoms with E-state index >= 15 is 0 Å². The predicted octanol–water partition coefficient (Wildman–Crippen LogP) is 2.36. The van der Waals surface area contributed by atoms with Crippen LogP contribution in [0.2, 0.25) is 0 Å². The van der Waals surface area contributed by atoms with E-state index in [0.29, 0.717) is 44.2 Å². The van der Waals surface area contributed by atoms with Crippen LogP contribution in [0.1, 0.15) is 25.3 Å². The molecule has 0 aromatic heterocycles. The van der Waals surface area contributed by atoms with Gasteiger partial charge in [-0.1, -0.05) is 18.2 Å². The SMILES string of the molecule is CCOC(=O)N1CCC(NC(N)=NCCc2ccccc2OC(F)F)CC1. The van der Waals surface area contributed by atoms with Crippen LogP contribution in [0.3, 0.4) is 0 Å². The number of ether oxygens (including phenoxy) is 2. The van der Waals surface area contributed by atoms with Gasteiger partial charge in [0.05, 0.1) is 6.61 Å². The van der Waals surface area contributed by atoms with Crippen molar-refractivity contribution in [3.05, 3.63) is 29.8 Å². The number of aliphatic imine (C=N–C) groups is 1. The van der Waals surface area contributed by atoms with Crippen molar-refractivity contribution in [2.45, 2.75) is 38.8 Å². The summed E-state index contributed by atoms with van der Waals surface area (Å²) in [5.41, 5.74) is 6.56. The number of hydrogen-bond donors (Lipinski definition) is 2. The molecule has 27 heavy (non-hydrogen) atoms. The maximum Gasteiger partial charge on any atom is 0.409 e. The van der Waals surface area contributed by atoms with Crippen molar-refractivity contribution in [1.29, 1.82) is 0 Å². The minimum atomic E-state index is -2.86. The molecule has 1 aliphatic heterocycles. The van der Waals surface area contributed by atoms with Gasteiger partial charge in [0, 0.05) is 25.7 Å². The van der Waals surface area contributed by atoms with Crippen molar-refractivity contribution in [2.24, 2.45) is 10.7 Å². The van der Waals surface area contributed by atoms with Gasteiger partial charge in [0.25, 0.3) is 0 Å². The number of piperidine rings is 1. The Balaban J connectivity index is 1.77. The average molecular weight is 384 g/mol. The van der Waals surface area contributed by atoms with E-state index in [-0.39, 0.29) is 17.9 Å². The Kier molecular flexibility index (Phi) is 8.09. The Labute approximate surface area is 157 Å². The summed E-state index contributed by atoms with van der Waals surface area (Å²) in [7, 11) is 0. The van der Waals surface area contributed by atoms with Crippen LogP contribution < -0.4 is 15.8 Å². The van der Waals surface area contributed by atoms with Crippen molar-refractivity contribution in [3.63, 3.8) is 0 Å². The molecule has 0 spiro atoms. The number of para-hydroxylation sites is 1. The van der Waals surface area contributed by atoms with E-state index < -0.39 is 6.61 Å². The second-order valence-corrected chi connectivity index (χ2v) is 6.11. The molecule has 7 nitrogen and oxygen atoms in total. The highest BCUT2D eigenvalue weighted by molar-refractivity contribution is 5.78. The Morgan fingerprint density at radius 2 is 2.07 bits per heavy atom. The van der Waals surface area contributed by atoms with Crippen LogP contribution >= 0.6 is 0 Å². The lowest BCUT2D eigenvalue weighted by atomic mass is 10.1. The lowest BCUT2D eigenvalue weighted by Crippen LogP contribution is -2.48. The zero-order valence-corrected chi connectivity index (χ0v) is 15.4. The van der Waals surface area contributed by atoms with Crippen LogP contribution in [0.25, 0.3) is 0 Å². The van der Waals surface area contributed by atoms with Gasteiger partial charge >= 0.3 is 12.7 Å². The summed E-state index contributed by atoms with van der Waals surface area (Å²) in [6.45, 7) is 0.833. The summed E-state index contributed by atoms with van der Waals surface area (Å²) in [4.78, 5) is 17.6. The van der Waals surface area contributed by atoms with Crippen LogP contribution in [-0.4, -0.2) is 55.8 Å². The first-order valence-electron chi connectivity index (χ1n) is 9.00. The summed E-state index contributed by atoms with van der Waals surface area (Å²) >= 11 is 0. The highest BCUT2D eigenvalue weighted by atomic mass is 19.3. The molecule has 3 N–H and O–H groups in total. The summed E-state index contributed by atoms with van der Waals surface area (Å²) < 4.78 is 34.3.